The average Bonchev–Trinajstić information content (AvgIpc) is 3.59. The van der Waals surface area contributed by atoms with E-state index in [9.17, 15) is 28.3 Å². The first-order valence-electron chi connectivity index (χ1n) is 16.8. The van der Waals surface area contributed by atoms with Gasteiger partial charge in [0.25, 0.3) is 0 Å². The van der Waals surface area contributed by atoms with Crippen LogP contribution in [0.3, 0.4) is 0 Å². The minimum Gasteiger partial charge on any atom is -0.444 e. The number of nitrogens with zero attached hydrogens (tertiary/aromatic N) is 2. The third kappa shape index (κ3) is 8.18. The lowest BCUT2D eigenvalue weighted by Gasteiger charge is -2.43. The van der Waals surface area contributed by atoms with Crippen LogP contribution in [0.4, 0.5) is 18.4 Å². The number of aldehydes is 1. The van der Waals surface area contributed by atoms with E-state index in [2.05, 4.69) is 0 Å². The standard InChI is InChI=1S/C38H52F2N2O6/c1-35(2,3)47-34(46)42-30(25-13-11-15-28(40)19-25)20-26(32(42)37(6,7)23-44)21-38(8,9)48-33(45)41-29(24-12-10-14-27(39)18-24)16-17-31(41)36(4,5)22-43/h10-15,18-19,22,26,29-32,44H,16-17,20-21,23H2,1-9H3/t26?,29-,30-,31+,32+/m0/s1. The van der Waals surface area contributed by atoms with E-state index in [0.29, 0.717) is 36.8 Å². The highest BCUT2D eigenvalue weighted by atomic mass is 19.1. The molecule has 5 atom stereocenters. The van der Waals surface area contributed by atoms with Crippen molar-refractivity contribution in [2.75, 3.05) is 6.61 Å². The van der Waals surface area contributed by atoms with Crippen molar-refractivity contribution in [1.82, 2.24) is 9.80 Å². The summed E-state index contributed by atoms with van der Waals surface area (Å²) in [6.07, 6.45) is 1.44. The number of carbonyl (C=O) groups is 3. The van der Waals surface area contributed by atoms with Gasteiger partial charge in [-0.2, -0.15) is 0 Å². The molecule has 8 nitrogen and oxygen atoms in total. The summed E-state index contributed by atoms with van der Waals surface area (Å²) in [6, 6.07) is 10.2. The summed E-state index contributed by atoms with van der Waals surface area (Å²) >= 11 is 0. The van der Waals surface area contributed by atoms with Crippen LogP contribution in [0.15, 0.2) is 48.5 Å². The number of likely N-dealkylation sites (tertiary alicyclic amines) is 2. The summed E-state index contributed by atoms with van der Waals surface area (Å²) in [5.74, 6) is -1.14. The second-order valence-electron chi connectivity index (χ2n) is 16.4. The number of rotatable bonds is 9. The molecule has 1 N–H and O–H groups in total. The molecule has 2 aliphatic rings. The Hall–Kier alpha value is -3.53. The Morgan fingerprint density at radius 2 is 1.38 bits per heavy atom. The van der Waals surface area contributed by atoms with E-state index in [0.717, 1.165) is 6.29 Å². The molecule has 2 heterocycles. The fourth-order valence-corrected chi connectivity index (χ4v) is 7.70. The molecule has 10 heteroatoms. The average molecular weight is 671 g/mol. The first-order chi connectivity index (χ1) is 22.2. The fourth-order valence-electron chi connectivity index (χ4n) is 7.70. The van der Waals surface area contributed by atoms with Crippen LogP contribution in [0, 0.1) is 28.4 Å². The van der Waals surface area contributed by atoms with Crippen molar-refractivity contribution in [3.05, 3.63) is 71.3 Å². The number of benzene rings is 2. The maximum atomic E-state index is 14.5. The Kier molecular flexibility index (Phi) is 10.7. The first-order valence-corrected chi connectivity index (χ1v) is 16.8. The Labute approximate surface area is 283 Å². The predicted molar refractivity (Wildman–Crippen MR) is 179 cm³/mol. The van der Waals surface area contributed by atoms with Gasteiger partial charge in [-0.1, -0.05) is 52.0 Å². The number of aliphatic hydroxyl groups is 1. The van der Waals surface area contributed by atoms with Crippen LogP contribution in [-0.2, 0) is 14.3 Å². The van der Waals surface area contributed by atoms with Crippen LogP contribution in [0.25, 0.3) is 0 Å². The Balaban J connectivity index is 1.69. The van der Waals surface area contributed by atoms with Crippen LogP contribution in [0.1, 0.15) is 111 Å². The van der Waals surface area contributed by atoms with Crippen LogP contribution in [0.5, 0.6) is 0 Å². The van der Waals surface area contributed by atoms with E-state index in [-0.39, 0.29) is 12.5 Å². The molecule has 2 saturated heterocycles. The van der Waals surface area contributed by atoms with E-state index in [4.69, 9.17) is 9.47 Å². The zero-order valence-corrected chi connectivity index (χ0v) is 29.8. The van der Waals surface area contributed by atoms with Gasteiger partial charge >= 0.3 is 12.2 Å². The molecule has 0 radical (unpaired) electrons. The van der Waals surface area contributed by atoms with Crippen LogP contribution in [-0.4, -0.2) is 63.3 Å². The maximum Gasteiger partial charge on any atom is 0.411 e. The lowest BCUT2D eigenvalue weighted by molar-refractivity contribution is -0.117. The van der Waals surface area contributed by atoms with Crippen molar-refractivity contribution in [2.45, 2.75) is 123 Å². The Morgan fingerprint density at radius 1 is 0.833 bits per heavy atom. The predicted octanol–water partition coefficient (Wildman–Crippen LogP) is 8.39. The summed E-state index contributed by atoms with van der Waals surface area (Å²) in [6.45, 7) is 16.0. The van der Waals surface area contributed by atoms with Gasteiger partial charge in [0.1, 0.15) is 29.1 Å². The molecular weight excluding hydrogens is 618 g/mol. The molecule has 0 saturated carbocycles. The fraction of sp³-hybridized carbons (Fsp3) is 0.605. The molecule has 2 fully saturated rings. The summed E-state index contributed by atoms with van der Waals surface area (Å²) in [5, 5.41) is 10.6. The number of aliphatic hydroxyl groups excluding tert-OH is 1. The minimum atomic E-state index is -1.08. The summed E-state index contributed by atoms with van der Waals surface area (Å²) in [4.78, 5) is 43.5. The highest BCUT2D eigenvalue weighted by molar-refractivity contribution is 5.72. The van der Waals surface area contributed by atoms with Crippen molar-refractivity contribution in [2.24, 2.45) is 16.7 Å². The molecular formula is C38H52F2N2O6. The third-order valence-corrected chi connectivity index (χ3v) is 9.76. The molecule has 0 bridgehead atoms. The molecule has 2 amide bonds. The number of hydrogen-bond donors (Lipinski definition) is 1. The number of ether oxygens (including phenoxy) is 2. The molecule has 0 aromatic heterocycles. The first kappa shape index (κ1) is 37.3. The van der Waals surface area contributed by atoms with E-state index in [1.807, 2.05) is 13.8 Å². The normalized spacial score (nSPS) is 23.7. The zero-order valence-electron chi connectivity index (χ0n) is 29.8. The number of hydrogen-bond acceptors (Lipinski definition) is 6. The quantitative estimate of drug-likeness (QED) is 0.269. The molecule has 264 valence electrons. The SMILES string of the molecule is CC(C)(C)OC(=O)N1[C@H](c2cccc(F)c2)CC(CC(C)(C)OC(=O)N2[C@H](c3cccc(F)c3)CC[C@@H]2C(C)(C)C=O)[C@@H]1C(C)(C)CO. The van der Waals surface area contributed by atoms with E-state index < -0.39 is 70.0 Å². The van der Waals surface area contributed by atoms with Gasteiger partial charge in [0.05, 0.1) is 18.7 Å². The van der Waals surface area contributed by atoms with E-state index in [1.165, 1.54) is 24.3 Å². The number of amides is 2. The van der Waals surface area contributed by atoms with E-state index in [1.54, 1.807) is 82.5 Å². The van der Waals surface area contributed by atoms with Crippen LogP contribution >= 0.6 is 0 Å². The lowest BCUT2D eigenvalue weighted by Crippen LogP contribution is -2.52. The van der Waals surface area contributed by atoms with Crippen LogP contribution < -0.4 is 0 Å². The maximum absolute atomic E-state index is 14.5. The van der Waals surface area contributed by atoms with Crippen molar-refractivity contribution >= 4 is 18.5 Å². The van der Waals surface area contributed by atoms with Gasteiger partial charge in [-0.05, 0) is 102 Å². The topological polar surface area (TPSA) is 96.4 Å². The summed E-state index contributed by atoms with van der Waals surface area (Å²) in [7, 11) is 0. The van der Waals surface area contributed by atoms with Crippen molar-refractivity contribution in [3.63, 3.8) is 0 Å². The summed E-state index contributed by atoms with van der Waals surface area (Å²) in [5.41, 5.74) is -2.33. The van der Waals surface area contributed by atoms with Crippen molar-refractivity contribution in [3.8, 4) is 0 Å². The molecule has 0 spiro atoms. The van der Waals surface area contributed by atoms with Gasteiger partial charge < -0.3 is 19.4 Å². The smallest absolute Gasteiger partial charge is 0.411 e. The van der Waals surface area contributed by atoms with Crippen molar-refractivity contribution in [1.29, 1.82) is 0 Å². The van der Waals surface area contributed by atoms with Gasteiger partial charge in [0, 0.05) is 22.9 Å². The molecule has 4 rings (SSSR count). The van der Waals surface area contributed by atoms with Gasteiger partial charge in [0.2, 0.25) is 0 Å². The molecule has 48 heavy (non-hydrogen) atoms. The van der Waals surface area contributed by atoms with Gasteiger partial charge in [-0.25, -0.2) is 18.4 Å². The lowest BCUT2D eigenvalue weighted by atomic mass is 9.75. The molecule has 2 aromatic rings. The molecule has 1 unspecified atom stereocenters. The summed E-state index contributed by atoms with van der Waals surface area (Å²) < 4.78 is 41.0. The van der Waals surface area contributed by atoms with Crippen molar-refractivity contribution < 1.29 is 37.7 Å². The monoisotopic (exact) mass is 670 g/mol. The van der Waals surface area contributed by atoms with Crippen LogP contribution in [0.2, 0.25) is 0 Å². The van der Waals surface area contributed by atoms with Gasteiger partial charge in [-0.3, -0.25) is 9.80 Å². The second kappa shape index (κ2) is 13.8. The Bertz CT molecular complexity index is 1490. The highest BCUT2D eigenvalue weighted by Crippen LogP contribution is 2.51. The van der Waals surface area contributed by atoms with Gasteiger partial charge in [-0.15, -0.1) is 0 Å². The third-order valence-electron chi connectivity index (χ3n) is 9.76. The molecule has 2 aliphatic heterocycles. The number of carbonyl (C=O) groups excluding carboxylic acids is 3. The Morgan fingerprint density at radius 3 is 1.88 bits per heavy atom. The zero-order chi connectivity index (χ0) is 35.8. The largest absolute Gasteiger partial charge is 0.444 e. The second-order valence-corrected chi connectivity index (χ2v) is 16.4. The molecule has 2 aromatic carbocycles. The number of halogens is 2. The minimum absolute atomic E-state index is 0.241. The highest BCUT2D eigenvalue weighted by Gasteiger charge is 2.54. The van der Waals surface area contributed by atoms with E-state index >= 15 is 0 Å². The van der Waals surface area contributed by atoms with Gasteiger partial charge in [0.15, 0.2) is 0 Å². The molecule has 0 aliphatic carbocycles.